The van der Waals surface area contributed by atoms with E-state index in [1.54, 1.807) is 11.3 Å². The summed E-state index contributed by atoms with van der Waals surface area (Å²) in [7, 11) is 0. The molecule has 2 rings (SSSR count). The molecule has 0 bridgehead atoms. The fourth-order valence-corrected chi connectivity index (χ4v) is 2.20. The van der Waals surface area contributed by atoms with Crippen molar-refractivity contribution in [2.45, 2.75) is 25.4 Å². The molecular formula is C8H12N2OS. The number of hydrogen-bond acceptors (Lipinski definition) is 4. The normalized spacial score (nSPS) is 23.2. The van der Waals surface area contributed by atoms with Crippen molar-refractivity contribution < 1.29 is 4.74 Å². The minimum absolute atomic E-state index is 0.407. The van der Waals surface area contributed by atoms with Crippen LogP contribution in [0.15, 0.2) is 6.20 Å². The molecular weight excluding hydrogens is 172 g/mol. The first kappa shape index (κ1) is 8.01. The highest BCUT2D eigenvalue weighted by Crippen LogP contribution is 2.21. The number of nitrogens with two attached hydrogens (primary N) is 1. The third-order valence-electron chi connectivity index (χ3n) is 2.02. The molecule has 0 amide bonds. The molecule has 12 heavy (non-hydrogen) atoms. The lowest BCUT2D eigenvalue weighted by molar-refractivity contribution is 0.112. The van der Waals surface area contributed by atoms with E-state index in [1.165, 1.54) is 17.7 Å². The van der Waals surface area contributed by atoms with Gasteiger partial charge in [-0.2, -0.15) is 0 Å². The highest BCUT2D eigenvalue weighted by Gasteiger charge is 2.16. The maximum Gasteiger partial charge on any atom is 0.180 e. The third-order valence-corrected chi connectivity index (χ3v) is 2.87. The fraction of sp³-hybridized carbons (Fsp3) is 0.625. The molecule has 3 nitrogen and oxygen atoms in total. The van der Waals surface area contributed by atoms with Crippen LogP contribution in [0.3, 0.4) is 0 Å². The van der Waals surface area contributed by atoms with Gasteiger partial charge >= 0.3 is 0 Å². The minimum Gasteiger partial charge on any atom is -0.378 e. The number of anilines is 1. The Hall–Kier alpha value is -0.610. The number of aromatic nitrogens is 1. The molecule has 66 valence electrons. The number of hydrogen-bond donors (Lipinski definition) is 1. The smallest absolute Gasteiger partial charge is 0.180 e. The molecule has 0 saturated carbocycles. The predicted molar refractivity (Wildman–Crippen MR) is 49.2 cm³/mol. The zero-order chi connectivity index (χ0) is 8.39. The lowest BCUT2D eigenvalue weighted by atomic mass is 10.2. The van der Waals surface area contributed by atoms with Gasteiger partial charge in [0, 0.05) is 24.1 Å². The molecule has 1 aromatic heterocycles. The van der Waals surface area contributed by atoms with Crippen LogP contribution in [0.5, 0.6) is 0 Å². The van der Waals surface area contributed by atoms with Crippen molar-refractivity contribution in [2.75, 3.05) is 12.3 Å². The maximum absolute atomic E-state index is 5.52. The van der Waals surface area contributed by atoms with Crippen LogP contribution in [0.4, 0.5) is 5.13 Å². The summed E-state index contributed by atoms with van der Waals surface area (Å²) in [6.07, 6.45) is 5.61. The Bertz CT molecular complexity index is 255. The third kappa shape index (κ3) is 1.76. The topological polar surface area (TPSA) is 48.1 Å². The SMILES string of the molecule is Nc1ncc(CC2CCCO2)s1. The second kappa shape index (κ2) is 3.41. The molecule has 1 aliphatic rings. The number of nitrogens with zero attached hydrogens (tertiary/aromatic N) is 1. The summed E-state index contributed by atoms with van der Waals surface area (Å²) in [5, 5.41) is 0.656. The number of nitrogen functional groups attached to an aromatic ring is 1. The van der Waals surface area contributed by atoms with Gasteiger partial charge < -0.3 is 10.5 Å². The second-order valence-corrected chi connectivity index (χ2v) is 4.15. The molecule has 1 aliphatic heterocycles. The molecule has 1 aromatic rings. The highest BCUT2D eigenvalue weighted by atomic mass is 32.1. The summed E-state index contributed by atoms with van der Waals surface area (Å²) in [6.45, 7) is 0.916. The van der Waals surface area contributed by atoms with Gasteiger partial charge in [-0.15, -0.1) is 11.3 Å². The zero-order valence-corrected chi connectivity index (χ0v) is 7.64. The van der Waals surface area contributed by atoms with Crippen LogP contribution in [-0.4, -0.2) is 17.7 Å². The molecule has 2 heterocycles. The van der Waals surface area contributed by atoms with Crippen LogP contribution in [0.1, 0.15) is 17.7 Å². The summed E-state index contributed by atoms with van der Waals surface area (Å²) < 4.78 is 5.50. The van der Waals surface area contributed by atoms with Crippen LogP contribution in [0.2, 0.25) is 0 Å². The number of ether oxygens (including phenoxy) is 1. The first-order chi connectivity index (χ1) is 5.84. The van der Waals surface area contributed by atoms with Crippen LogP contribution in [0.25, 0.3) is 0 Å². The Morgan fingerprint density at radius 1 is 1.75 bits per heavy atom. The van der Waals surface area contributed by atoms with Gasteiger partial charge in [-0.25, -0.2) is 4.98 Å². The van der Waals surface area contributed by atoms with E-state index < -0.39 is 0 Å². The molecule has 0 aromatic carbocycles. The molecule has 4 heteroatoms. The Labute approximate surface area is 75.6 Å². The van der Waals surface area contributed by atoms with Crippen LogP contribution >= 0.6 is 11.3 Å². The van der Waals surface area contributed by atoms with E-state index in [2.05, 4.69) is 4.98 Å². The van der Waals surface area contributed by atoms with Gasteiger partial charge in [0.05, 0.1) is 6.10 Å². The van der Waals surface area contributed by atoms with Crippen molar-refractivity contribution in [2.24, 2.45) is 0 Å². The molecule has 0 spiro atoms. The van der Waals surface area contributed by atoms with Gasteiger partial charge in [-0.3, -0.25) is 0 Å². The Morgan fingerprint density at radius 2 is 2.67 bits per heavy atom. The fourth-order valence-electron chi connectivity index (χ4n) is 1.45. The molecule has 1 fully saturated rings. The van der Waals surface area contributed by atoms with E-state index in [0.29, 0.717) is 11.2 Å². The summed E-state index contributed by atoms with van der Waals surface area (Å²) in [5.74, 6) is 0. The molecule has 1 atom stereocenters. The van der Waals surface area contributed by atoms with Gasteiger partial charge in [0.2, 0.25) is 0 Å². The molecule has 1 saturated heterocycles. The average Bonchev–Trinajstić information content (AvgIpc) is 2.63. The van der Waals surface area contributed by atoms with E-state index in [-0.39, 0.29) is 0 Å². The van der Waals surface area contributed by atoms with E-state index >= 15 is 0 Å². The lowest BCUT2D eigenvalue weighted by Gasteiger charge is -2.05. The van der Waals surface area contributed by atoms with Crippen LogP contribution < -0.4 is 5.73 Å². The predicted octanol–water partition coefficient (Wildman–Crippen LogP) is 1.45. The van der Waals surface area contributed by atoms with Crippen molar-refractivity contribution in [3.63, 3.8) is 0 Å². The van der Waals surface area contributed by atoms with Crippen molar-refractivity contribution in [3.05, 3.63) is 11.1 Å². The highest BCUT2D eigenvalue weighted by molar-refractivity contribution is 7.15. The van der Waals surface area contributed by atoms with Crippen molar-refractivity contribution in [3.8, 4) is 0 Å². The standard InChI is InChI=1S/C8H12N2OS/c9-8-10-5-7(12-8)4-6-2-1-3-11-6/h5-6H,1-4H2,(H2,9,10). The number of rotatable bonds is 2. The van der Waals surface area contributed by atoms with Crippen molar-refractivity contribution in [1.82, 2.24) is 4.98 Å². The zero-order valence-electron chi connectivity index (χ0n) is 6.82. The lowest BCUT2D eigenvalue weighted by Crippen LogP contribution is -2.07. The van der Waals surface area contributed by atoms with Gasteiger partial charge in [0.15, 0.2) is 5.13 Å². The molecule has 2 N–H and O–H groups in total. The van der Waals surface area contributed by atoms with Gasteiger partial charge in [-0.1, -0.05) is 0 Å². The van der Waals surface area contributed by atoms with E-state index in [1.807, 2.05) is 6.20 Å². The summed E-state index contributed by atoms with van der Waals surface area (Å²) >= 11 is 1.56. The van der Waals surface area contributed by atoms with Gasteiger partial charge in [0.1, 0.15) is 0 Å². The Morgan fingerprint density at radius 3 is 3.25 bits per heavy atom. The van der Waals surface area contributed by atoms with E-state index in [9.17, 15) is 0 Å². The quantitative estimate of drug-likeness (QED) is 0.756. The van der Waals surface area contributed by atoms with Gasteiger partial charge in [-0.05, 0) is 12.8 Å². The van der Waals surface area contributed by atoms with E-state index in [0.717, 1.165) is 13.0 Å². The Kier molecular flexibility index (Phi) is 2.28. The molecule has 0 radical (unpaired) electrons. The average molecular weight is 184 g/mol. The largest absolute Gasteiger partial charge is 0.378 e. The van der Waals surface area contributed by atoms with E-state index in [4.69, 9.17) is 10.5 Å². The van der Waals surface area contributed by atoms with Crippen LogP contribution in [0, 0.1) is 0 Å². The first-order valence-corrected chi connectivity index (χ1v) is 4.98. The Balaban J connectivity index is 1.94. The summed E-state index contributed by atoms with van der Waals surface area (Å²) in [5.41, 5.74) is 5.52. The minimum atomic E-state index is 0.407. The van der Waals surface area contributed by atoms with Gasteiger partial charge in [0.25, 0.3) is 0 Å². The summed E-state index contributed by atoms with van der Waals surface area (Å²) in [4.78, 5) is 5.23. The second-order valence-electron chi connectivity index (χ2n) is 3.00. The van der Waals surface area contributed by atoms with Crippen molar-refractivity contribution >= 4 is 16.5 Å². The van der Waals surface area contributed by atoms with Crippen LogP contribution in [-0.2, 0) is 11.2 Å². The number of thiazole rings is 1. The molecule has 1 unspecified atom stereocenters. The molecule has 0 aliphatic carbocycles. The first-order valence-electron chi connectivity index (χ1n) is 4.16. The maximum atomic E-state index is 5.52. The van der Waals surface area contributed by atoms with Crippen molar-refractivity contribution in [1.29, 1.82) is 0 Å². The summed E-state index contributed by atoms with van der Waals surface area (Å²) in [6, 6.07) is 0. The monoisotopic (exact) mass is 184 g/mol.